The molecule has 0 aliphatic carbocycles. The van der Waals surface area contributed by atoms with Crippen molar-refractivity contribution in [3.63, 3.8) is 0 Å². The van der Waals surface area contributed by atoms with Gasteiger partial charge in [-0.25, -0.2) is 0 Å². The van der Waals surface area contributed by atoms with Gasteiger partial charge in [0.1, 0.15) is 0 Å². The summed E-state index contributed by atoms with van der Waals surface area (Å²) >= 11 is 0. The molecule has 2 heteroatoms. The van der Waals surface area contributed by atoms with Gasteiger partial charge in [0, 0.05) is 12.1 Å². The highest BCUT2D eigenvalue weighted by atomic mass is 16.5. The van der Waals surface area contributed by atoms with Crippen LogP contribution in [-0.4, -0.2) is 18.2 Å². The third-order valence-corrected chi connectivity index (χ3v) is 2.54. The summed E-state index contributed by atoms with van der Waals surface area (Å²) < 4.78 is 5.46. The van der Waals surface area contributed by atoms with E-state index in [0.717, 1.165) is 19.4 Å². The van der Waals surface area contributed by atoms with Crippen molar-refractivity contribution in [2.24, 2.45) is 5.73 Å². The molecule has 0 aromatic heterocycles. The highest BCUT2D eigenvalue weighted by Gasteiger charge is 2.27. The summed E-state index contributed by atoms with van der Waals surface area (Å²) in [6, 6.07) is 0. The first-order valence-corrected chi connectivity index (χ1v) is 4.51. The zero-order valence-electron chi connectivity index (χ0n) is 8.18. The predicted molar refractivity (Wildman–Crippen MR) is 48.6 cm³/mol. The molecule has 68 valence electrons. The van der Waals surface area contributed by atoms with Gasteiger partial charge in [0.15, 0.2) is 0 Å². The zero-order valence-corrected chi connectivity index (χ0v) is 8.18. The Balaban J connectivity index is 4.00. The van der Waals surface area contributed by atoms with Crippen LogP contribution >= 0.6 is 0 Å². The van der Waals surface area contributed by atoms with Crippen molar-refractivity contribution in [2.75, 3.05) is 6.61 Å². The second kappa shape index (κ2) is 4.73. The van der Waals surface area contributed by atoms with E-state index in [4.69, 9.17) is 10.5 Å². The number of rotatable bonds is 5. The molecule has 1 unspecified atom stereocenters. The van der Waals surface area contributed by atoms with Crippen LogP contribution in [0.4, 0.5) is 0 Å². The fraction of sp³-hybridized carbons (Fsp3) is 1.00. The van der Waals surface area contributed by atoms with Crippen molar-refractivity contribution >= 4 is 0 Å². The van der Waals surface area contributed by atoms with Crippen LogP contribution in [0.15, 0.2) is 0 Å². The minimum atomic E-state index is -0.129. The van der Waals surface area contributed by atoms with Gasteiger partial charge in [0.2, 0.25) is 0 Å². The Morgan fingerprint density at radius 3 is 2.00 bits per heavy atom. The van der Waals surface area contributed by atoms with Gasteiger partial charge < -0.3 is 10.5 Å². The van der Waals surface area contributed by atoms with E-state index in [1.165, 1.54) is 0 Å². The molecule has 0 aromatic carbocycles. The van der Waals surface area contributed by atoms with Crippen molar-refractivity contribution in [1.29, 1.82) is 0 Å². The van der Waals surface area contributed by atoms with Gasteiger partial charge in [-0.15, -0.1) is 0 Å². The van der Waals surface area contributed by atoms with Gasteiger partial charge in [-0.2, -0.15) is 0 Å². The third kappa shape index (κ3) is 2.80. The van der Waals surface area contributed by atoms with Gasteiger partial charge in [-0.1, -0.05) is 13.8 Å². The Morgan fingerprint density at radius 2 is 1.73 bits per heavy atom. The summed E-state index contributed by atoms with van der Waals surface area (Å²) in [6.07, 6.45) is 2.12. The second-order valence-corrected chi connectivity index (χ2v) is 3.04. The van der Waals surface area contributed by atoms with E-state index in [-0.39, 0.29) is 11.6 Å². The van der Waals surface area contributed by atoms with E-state index in [2.05, 4.69) is 20.8 Å². The van der Waals surface area contributed by atoms with Crippen molar-refractivity contribution in [1.82, 2.24) is 0 Å². The Labute approximate surface area is 70.1 Å². The van der Waals surface area contributed by atoms with Crippen LogP contribution in [0.5, 0.6) is 0 Å². The maximum absolute atomic E-state index is 6.10. The molecule has 1 atom stereocenters. The van der Waals surface area contributed by atoms with Crippen molar-refractivity contribution in [3.8, 4) is 0 Å². The first-order chi connectivity index (χ1) is 5.10. The minimum absolute atomic E-state index is 0.129. The molecule has 0 aliphatic rings. The first kappa shape index (κ1) is 10.9. The Kier molecular flexibility index (Phi) is 4.69. The van der Waals surface area contributed by atoms with Crippen molar-refractivity contribution in [2.45, 2.75) is 52.2 Å². The largest absolute Gasteiger partial charge is 0.377 e. The molecule has 0 bridgehead atoms. The number of nitrogens with two attached hydrogens (primary N) is 1. The predicted octanol–water partition coefficient (Wildman–Crippen LogP) is 1.93. The average molecular weight is 159 g/mol. The molecule has 0 rings (SSSR count). The van der Waals surface area contributed by atoms with E-state index >= 15 is 0 Å². The Morgan fingerprint density at radius 1 is 1.27 bits per heavy atom. The molecular weight excluding hydrogens is 138 g/mol. The molecule has 0 heterocycles. The smallest absolute Gasteiger partial charge is 0.0725 e. The number of hydrogen-bond acceptors (Lipinski definition) is 2. The van der Waals surface area contributed by atoms with E-state index < -0.39 is 0 Å². The lowest BCUT2D eigenvalue weighted by molar-refractivity contribution is 0.0148. The average Bonchev–Trinajstić information content (AvgIpc) is 2.03. The molecular formula is C9H21NO. The van der Waals surface area contributed by atoms with Crippen LogP contribution in [-0.2, 0) is 4.74 Å². The Hall–Kier alpha value is -0.0800. The molecule has 0 spiro atoms. The lowest BCUT2D eigenvalue weighted by Gasteiger charge is -2.33. The van der Waals surface area contributed by atoms with Crippen molar-refractivity contribution < 1.29 is 4.74 Å². The summed E-state index contributed by atoms with van der Waals surface area (Å²) in [5.74, 6) is 0. The lowest BCUT2D eigenvalue weighted by atomic mass is 9.89. The summed E-state index contributed by atoms with van der Waals surface area (Å²) in [5, 5.41) is 0. The van der Waals surface area contributed by atoms with E-state index in [1.807, 2.05) is 6.92 Å². The van der Waals surface area contributed by atoms with Crippen LogP contribution in [0.2, 0.25) is 0 Å². The van der Waals surface area contributed by atoms with Crippen molar-refractivity contribution in [3.05, 3.63) is 0 Å². The monoisotopic (exact) mass is 159 g/mol. The molecule has 11 heavy (non-hydrogen) atoms. The molecule has 0 radical (unpaired) electrons. The molecule has 0 aliphatic heterocycles. The quantitative estimate of drug-likeness (QED) is 0.665. The third-order valence-electron chi connectivity index (χ3n) is 2.54. The maximum atomic E-state index is 6.10. The van der Waals surface area contributed by atoms with Crippen LogP contribution in [0.3, 0.4) is 0 Å². The molecule has 2 N–H and O–H groups in total. The molecule has 0 amide bonds. The first-order valence-electron chi connectivity index (χ1n) is 4.51. The molecule has 2 nitrogen and oxygen atoms in total. The fourth-order valence-electron chi connectivity index (χ4n) is 1.24. The summed E-state index contributed by atoms with van der Waals surface area (Å²) in [7, 11) is 0. The SMILES string of the molecule is CCOC(C)C(N)(CC)CC. The molecule has 0 saturated carbocycles. The summed E-state index contributed by atoms with van der Waals surface area (Å²) in [6.45, 7) is 9.02. The number of hydrogen-bond donors (Lipinski definition) is 1. The minimum Gasteiger partial charge on any atom is -0.377 e. The van der Waals surface area contributed by atoms with E-state index in [9.17, 15) is 0 Å². The van der Waals surface area contributed by atoms with Crippen LogP contribution in [0.1, 0.15) is 40.5 Å². The van der Waals surface area contributed by atoms with Crippen LogP contribution < -0.4 is 5.73 Å². The van der Waals surface area contributed by atoms with E-state index in [0.29, 0.717) is 0 Å². The van der Waals surface area contributed by atoms with Gasteiger partial charge in [-0.3, -0.25) is 0 Å². The highest BCUT2D eigenvalue weighted by Crippen LogP contribution is 2.18. The Bertz CT molecular complexity index is 99.7. The normalized spacial score (nSPS) is 15.0. The topological polar surface area (TPSA) is 35.2 Å². The maximum Gasteiger partial charge on any atom is 0.0725 e. The molecule has 0 aromatic rings. The standard InChI is InChI=1S/C9H21NO/c1-5-9(10,6-2)8(4)11-7-3/h8H,5-7,10H2,1-4H3. The highest BCUT2D eigenvalue weighted by molar-refractivity contribution is 4.87. The number of ether oxygens (including phenoxy) is 1. The summed E-state index contributed by atoms with van der Waals surface area (Å²) in [5.41, 5.74) is 5.97. The summed E-state index contributed by atoms with van der Waals surface area (Å²) in [4.78, 5) is 0. The lowest BCUT2D eigenvalue weighted by Crippen LogP contribution is -2.49. The van der Waals surface area contributed by atoms with Gasteiger partial charge in [-0.05, 0) is 26.7 Å². The molecule has 0 fully saturated rings. The fourth-order valence-corrected chi connectivity index (χ4v) is 1.24. The van der Waals surface area contributed by atoms with Gasteiger partial charge in [0.05, 0.1) is 6.10 Å². The second-order valence-electron chi connectivity index (χ2n) is 3.04. The van der Waals surface area contributed by atoms with Crippen LogP contribution in [0, 0.1) is 0 Å². The van der Waals surface area contributed by atoms with Gasteiger partial charge >= 0.3 is 0 Å². The zero-order chi connectivity index (χ0) is 8.91. The van der Waals surface area contributed by atoms with E-state index in [1.54, 1.807) is 0 Å². The van der Waals surface area contributed by atoms with Gasteiger partial charge in [0.25, 0.3) is 0 Å². The molecule has 0 saturated heterocycles. The van der Waals surface area contributed by atoms with Crippen LogP contribution in [0.25, 0.3) is 0 Å².